The predicted octanol–water partition coefficient (Wildman–Crippen LogP) is 2.00. The highest BCUT2D eigenvalue weighted by molar-refractivity contribution is 5.96. The molecule has 0 spiro atoms. The van der Waals surface area contributed by atoms with Crippen molar-refractivity contribution in [2.24, 2.45) is 0 Å². The molecule has 0 bridgehead atoms. The van der Waals surface area contributed by atoms with E-state index in [1.165, 1.54) is 0 Å². The maximum absolute atomic E-state index is 12.4. The summed E-state index contributed by atoms with van der Waals surface area (Å²) in [6.45, 7) is 3.50. The largest absolute Gasteiger partial charge is 0.494 e. The Morgan fingerprint density at radius 2 is 1.56 bits per heavy atom. The van der Waals surface area contributed by atoms with Gasteiger partial charge in [-0.1, -0.05) is 18.2 Å². The summed E-state index contributed by atoms with van der Waals surface area (Å²) < 4.78 is 11.0. The van der Waals surface area contributed by atoms with E-state index in [9.17, 15) is 14.4 Å². The van der Waals surface area contributed by atoms with E-state index in [4.69, 9.17) is 9.47 Å². The monoisotopic (exact) mass is 439 g/mol. The summed E-state index contributed by atoms with van der Waals surface area (Å²) in [6, 6.07) is 15.9. The third-order valence-corrected chi connectivity index (χ3v) is 5.16. The topological polar surface area (TPSA) is 97.0 Å². The second-order valence-corrected chi connectivity index (χ2v) is 7.46. The zero-order chi connectivity index (χ0) is 22.8. The summed E-state index contributed by atoms with van der Waals surface area (Å²) in [5.41, 5.74) is 0.513. The van der Waals surface area contributed by atoms with Crippen LogP contribution in [-0.4, -0.2) is 61.5 Å². The molecule has 3 amide bonds. The lowest BCUT2D eigenvalue weighted by Crippen LogP contribution is -2.49. The summed E-state index contributed by atoms with van der Waals surface area (Å²) in [5, 5.41) is 5.54. The third kappa shape index (κ3) is 7.01. The highest BCUT2D eigenvalue weighted by Gasteiger charge is 2.24. The van der Waals surface area contributed by atoms with E-state index in [0.29, 0.717) is 43.9 Å². The number of benzene rings is 2. The quantitative estimate of drug-likeness (QED) is 0.623. The normalized spacial score (nSPS) is 13.8. The van der Waals surface area contributed by atoms with Gasteiger partial charge < -0.3 is 25.0 Å². The Balaban J connectivity index is 1.33. The van der Waals surface area contributed by atoms with Gasteiger partial charge in [0, 0.05) is 24.7 Å². The van der Waals surface area contributed by atoms with Crippen LogP contribution in [0.2, 0.25) is 0 Å². The fourth-order valence-electron chi connectivity index (χ4n) is 3.44. The SMILES string of the molecule is CCOc1ccc(OCC(=O)N2CCC(NC(=O)CNC(=O)c3ccccc3)CC2)cc1. The van der Waals surface area contributed by atoms with Crippen molar-refractivity contribution in [2.75, 3.05) is 32.8 Å². The Labute approximate surface area is 187 Å². The molecule has 1 saturated heterocycles. The number of hydrogen-bond acceptors (Lipinski definition) is 5. The standard InChI is InChI=1S/C24H29N3O5/c1-2-31-20-8-10-21(11-9-20)32-17-23(29)27-14-12-19(13-15-27)26-22(28)16-25-24(30)18-6-4-3-5-7-18/h3-11,19H,2,12-17H2,1H3,(H,25,30)(H,26,28). The number of rotatable bonds is 9. The molecule has 2 aromatic rings. The lowest BCUT2D eigenvalue weighted by molar-refractivity contribution is -0.134. The van der Waals surface area contributed by atoms with E-state index >= 15 is 0 Å². The molecule has 1 heterocycles. The Morgan fingerprint density at radius 1 is 0.938 bits per heavy atom. The average molecular weight is 440 g/mol. The molecular formula is C24H29N3O5. The van der Waals surface area contributed by atoms with Crippen molar-refractivity contribution in [1.29, 1.82) is 0 Å². The van der Waals surface area contributed by atoms with E-state index in [2.05, 4.69) is 10.6 Å². The Hall–Kier alpha value is -3.55. The van der Waals surface area contributed by atoms with Gasteiger partial charge in [-0.2, -0.15) is 0 Å². The maximum Gasteiger partial charge on any atom is 0.260 e. The number of amides is 3. The first kappa shape index (κ1) is 23.1. The Kier molecular flexibility index (Phi) is 8.48. The van der Waals surface area contributed by atoms with Crippen LogP contribution in [0.4, 0.5) is 0 Å². The van der Waals surface area contributed by atoms with Gasteiger partial charge in [0.1, 0.15) is 11.5 Å². The molecule has 0 aromatic heterocycles. The van der Waals surface area contributed by atoms with Gasteiger partial charge in [0.25, 0.3) is 11.8 Å². The van der Waals surface area contributed by atoms with Gasteiger partial charge in [0.2, 0.25) is 5.91 Å². The minimum absolute atomic E-state index is 0.0211. The molecule has 0 aliphatic carbocycles. The molecule has 170 valence electrons. The molecule has 8 heteroatoms. The van der Waals surface area contributed by atoms with E-state index in [1.54, 1.807) is 53.4 Å². The molecule has 2 aromatic carbocycles. The van der Waals surface area contributed by atoms with Gasteiger partial charge in [-0.25, -0.2) is 0 Å². The van der Waals surface area contributed by atoms with Gasteiger partial charge in [-0.05, 0) is 56.2 Å². The first-order chi connectivity index (χ1) is 15.5. The van der Waals surface area contributed by atoms with E-state index in [-0.39, 0.29) is 36.9 Å². The van der Waals surface area contributed by atoms with Crippen molar-refractivity contribution in [3.05, 3.63) is 60.2 Å². The number of piperidine rings is 1. The van der Waals surface area contributed by atoms with E-state index < -0.39 is 0 Å². The van der Waals surface area contributed by atoms with Crippen molar-refractivity contribution >= 4 is 17.7 Å². The van der Waals surface area contributed by atoms with Gasteiger partial charge in [-0.15, -0.1) is 0 Å². The zero-order valence-electron chi connectivity index (χ0n) is 18.2. The molecule has 1 aliphatic rings. The molecule has 3 rings (SSSR count). The third-order valence-electron chi connectivity index (χ3n) is 5.16. The van der Waals surface area contributed by atoms with Crippen LogP contribution in [0.1, 0.15) is 30.1 Å². The highest BCUT2D eigenvalue weighted by atomic mass is 16.5. The summed E-state index contributed by atoms with van der Waals surface area (Å²) in [5.74, 6) is 0.766. The van der Waals surface area contributed by atoms with Crippen LogP contribution in [0.15, 0.2) is 54.6 Å². The first-order valence-electron chi connectivity index (χ1n) is 10.8. The number of likely N-dealkylation sites (tertiary alicyclic amines) is 1. The van der Waals surface area contributed by atoms with Gasteiger partial charge in [0.15, 0.2) is 6.61 Å². The van der Waals surface area contributed by atoms with Crippen LogP contribution >= 0.6 is 0 Å². The molecule has 1 fully saturated rings. The molecule has 1 aliphatic heterocycles. The fourth-order valence-corrected chi connectivity index (χ4v) is 3.44. The predicted molar refractivity (Wildman–Crippen MR) is 120 cm³/mol. The van der Waals surface area contributed by atoms with Crippen LogP contribution in [0.25, 0.3) is 0 Å². The molecule has 32 heavy (non-hydrogen) atoms. The number of nitrogens with zero attached hydrogens (tertiary/aromatic N) is 1. The van der Waals surface area contributed by atoms with Crippen LogP contribution in [0.3, 0.4) is 0 Å². The minimum Gasteiger partial charge on any atom is -0.494 e. The zero-order valence-corrected chi connectivity index (χ0v) is 18.2. The molecule has 0 radical (unpaired) electrons. The maximum atomic E-state index is 12.4. The van der Waals surface area contributed by atoms with Crippen molar-refractivity contribution in [1.82, 2.24) is 15.5 Å². The summed E-state index contributed by atoms with van der Waals surface area (Å²) >= 11 is 0. The summed E-state index contributed by atoms with van der Waals surface area (Å²) in [6.07, 6.45) is 1.32. The fraction of sp³-hybridized carbons (Fsp3) is 0.375. The van der Waals surface area contributed by atoms with Crippen molar-refractivity contribution < 1.29 is 23.9 Å². The Morgan fingerprint density at radius 3 is 2.19 bits per heavy atom. The number of carbonyl (C=O) groups excluding carboxylic acids is 3. The molecular weight excluding hydrogens is 410 g/mol. The van der Waals surface area contributed by atoms with Gasteiger partial charge in [-0.3, -0.25) is 14.4 Å². The summed E-state index contributed by atoms with van der Waals surface area (Å²) in [4.78, 5) is 38.3. The number of nitrogens with one attached hydrogen (secondary N) is 2. The average Bonchev–Trinajstić information content (AvgIpc) is 2.83. The second kappa shape index (κ2) is 11.7. The van der Waals surface area contributed by atoms with Crippen LogP contribution in [0.5, 0.6) is 11.5 Å². The summed E-state index contributed by atoms with van der Waals surface area (Å²) in [7, 11) is 0. The van der Waals surface area contributed by atoms with Crippen LogP contribution in [-0.2, 0) is 9.59 Å². The minimum atomic E-state index is -0.284. The van der Waals surface area contributed by atoms with Gasteiger partial charge >= 0.3 is 0 Å². The van der Waals surface area contributed by atoms with E-state index in [0.717, 1.165) is 5.75 Å². The molecule has 0 saturated carbocycles. The molecule has 0 unspecified atom stereocenters. The van der Waals surface area contributed by atoms with E-state index in [1.807, 2.05) is 13.0 Å². The Bertz CT molecular complexity index is 894. The molecule has 8 nitrogen and oxygen atoms in total. The van der Waals surface area contributed by atoms with Gasteiger partial charge in [0.05, 0.1) is 13.2 Å². The number of hydrogen-bond donors (Lipinski definition) is 2. The van der Waals surface area contributed by atoms with Crippen molar-refractivity contribution in [3.63, 3.8) is 0 Å². The lowest BCUT2D eigenvalue weighted by atomic mass is 10.0. The van der Waals surface area contributed by atoms with Crippen molar-refractivity contribution in [2.45, 2.75) is 25.8 Å². The smallest absolute Gasteiger partial charge is 0.260 e. The van der Waals surface area contributed by atoms with Crippen molar-refractivity contribution in [3.8, 4) is 11.5 Å². The number of carbonyl (C=O) groups is 3. The number of ether oxygens (including phenoxy) is 2. The molecule has 2 N–H and O–H groups in total. The highest BCUT2D eigenvalue weighted by Crippen LogP contribution is 2.18. The lowest BCUT2D eigenvalue weighted by Gasteiger charge is -2.32. The first-order valence-corrected chi connectivity index (χ1v) is 10.8. The van der Waals surface area contributed by atoms with Crippen LogP contribution in [0, 0.1) is 0 Å². The van der Waals surface area contributed by atoms with Crippen LogP contribution < -0.4 is 20.1 Å². The molecule has 0 atom stereocenters. The second-order valence-electron chi connectivity index (χ2n) is 7.46.